The van der Waals surface area contributed by atoms with Crippen molar-refractivity contribution in [2.45, 2.75) is 26.1 Å². The van der Waals surface area contributed by atoms with Gasteiger partial charge in [0.15, 0.2) is 0 Å². The van der Waals surface area contributed by atoms with Crippen LogP contribution in [0.4, 0.5) is 0 Å². The van der Waals surface area contributed by atoms with Gasteiger partial charge >= 0.3 is 0 Å². The molecule has 1 atom stereocenters. The Morgan fingerprint density at radius 3 is 2.76 bits per heavy atom. The van der Waals surface area contributed by atoms with Crippen molar-refractivity contribution in [2.24, 2.45) is 0 Å². The quantitative estimate of drug-likeness (QED) is 0.800. The first kappa shape index (κ1) is 14.0. The molecule has 0 bridgehead atoms. The van der Waals surface area contributed by atoms with Gasteiger partial charge in [0.2, 0.25) is 0 Å². The lowest BCUT2D eigenvalue weighted by Gasteiger charge is -2.14. The summed E-state index contributed by atoms with van der Waals surface area (Å²) in [6.45, 7) is 3.91. The Hall–Kier alpha value is -1.98. The molecule has 0 fully saturated rings. The highest BCUT2D eigenvalue weighted by Gasteiger charge is 2.13. The van der Waals surface area contributed by atoms with Crippen LogP contribution in [-0.2, 0) is 0 Å². The molecular weight excluding hydrogens is 284 g/mol. The number of rotatable bonds is 4. The molecule has 0 aromatic carbocycles. The van der Waals surface area contributed by atoms with Crippen LogP contribution < -0.4 is 4.74 Å². The van der Waals surface area contributed by atoms with Crippen molar-refractivity contribution < 1.29 is 9.84 Å². The summed E-state index contributed by atoms with van der Waals surface area (Å²) in [6, 6.07) is 5.75. The molecule has 4 nitrogen and oxygen atoms in total. The van der Waals surface area contributed by atoms with Crippen molar-refractivity contribution in [1.82, 2.24) is 9.97 Å². The maximum absolute atomic E-state index is 10.5. The minimum Gasteiger partial charge on any atom is -0.489 e. The number of nitrogens with zero attached hydrogens (tertiary/aromatic N) is 2. The van der Waals surface area contributed by atoms with Gasteiger partial charge in [-0.3, -0.25) is 9.97 Å². The number of thiophene rings is 1. The monoisotopic (exact) mass is 300 g/mol. The Bertz CT molecular complexity index is 755. The van der Waals surface area contributed by atoms with Gasteiger partial charge in [0.1, 0.15) is 11.9 Å². The van der Waals surface area contributed by atoms with Gasteiger partial charge in [0.05, 0.1) is 22.5 Å². The van der Waals surface area contributed by atoms with Crippen molar-refractivity contribution in [2.75, 3.05) is 0 Å². The zero-order chi connectivity index (χ0) is 14.8. The van der Waals surface area contributed by atoms with Crippen LogP contribution in [0.15, 0.2) is 42.2 Å². The fourth-order valence-corrected chi connectivity index (χ4v) is 2.91. The smallest absolute Gasteiger partial charge is 0.138 e. The van der Waals surface area contributed by atoms with Gasteiger partial charge in [-0.25, -0.2) is 0 Å². The third kappa shape index (κ3) is 3.04. The van der Waals surface area contributed by atoms with Crippen LogP contribution in [0.2, 0.25) is 0 Å². The first-order valence-electron chi connectivity index (χ1n) is 6.76. The number of ether oxygens (including phenoxy) is 1. The summed E-state index contributed by atoms with van der Waals surface area (Å²) in [5.74, 6) is 0.659. The van der Waals surface area contributed by atoms with Crippen LogP contribution >= 0.6 is 11.3 Å². The maximum atomic E-state index is 10.5. The van der Waals surface area contributed by atoms with E-state index in [9.17, 15) is 5.11 Å². The molecule has 3 rings (SSSR count). The van der Waals surface area contributed by atoms with E-state index in [2.05, 4.69) is 9.97 Å². The molecule has 0 spiro atoms. The van der Waals surface area contributed by atoms with Gasteiger partial charge in [-0.15, -0.1) is 11.3 Å². The van der Waals surface area contributed by atoms with Crippen LogP contribution in [0.1, 0.15) is 31.1 Å². The van der Waals surface area contributed by atoms with E-state index < -0.39 is 6.10 Å². The maximum Gasteiger partial charge on any atom is 0.138 e. The van der Waals surface area contributed by atoms with Crippen molar-refractivity contribution >= 4 is 21.6 Å². The lowest BCUT2D eigenvalue weighted by molar-refractivity contribution is 0.215. The second kappa shape index (κ2) is 5.79. The zero-order valence-corrected chi connectivity index (χ0v) is 12.7. The Morgan fingerprint density at radius 1 is 1.14 bits per heavy atom. The minimum atomic E-state index is -0.757. The largest absolute Gasteiger partial charge is 0.489 e. The molecule has 0 saturated carbocycles. The highest BCUT2D eigenvalue weighted by molar-refractivity contribution is 7.17. The molecule has 5 heteroatoms. The van der Waals surface area contributed by atoms with E-state index in [0.717, 1.165) is 15.8 Å². The standard InChI is InChI=1S/C16H16N2O2S/c1-10(2)20-13-5-11(7-17-9-13)16(19)12-6-15-14(18-8-12)3-4-21-15/h3-10,16,19H,1-2H3. The topological polar surface area (TPSA) is 55.2 Å². The molecular formula is C16H16N2O2S. The number of fused-ring (bicyclic) bond motifs is 1. The Morgan fingerprint density at radius 2 is 1.95 bits per heavy atom. The van der Waals surface area contributed by atoms with Crippen LogP contribution in [0, 0.1) is 0 Å². The molecule has 0 aliphatic carbocycles. The molecule has 21 heavy (non-hydrogen) atoms. The Labute approximate surface area is 127 Å². The van der Waals surface area contributed by atoms with Gasteiger partial charge in [0, 0.05) is 23.5 Å². The highest BCUT2D eigenvalue weighted by atomic mass is 32.1. The Balaban J connectivity index is 1.91. The van der Waals surface area contributed by atoms with E-state index in [-0.39, 0.29) is 6.10 Å². The summed E-state index contributed by atoms with van der Waals surface area (Å²) >= 11 is 1.61. The molecule has 108 valence electrons. The minimum absolute atomic E-state index is 0.0725. The number of aromatic nitrogens is 2. The lowest BCUT2D eigenvalue weighted by Crippen LogP contribution is -2.07. The molecule has 3 aromatic heterocycles. The highest BCUT2D eigenvalue weighted by Crippen LogP contribution is 2.27. The fourth-order valence-electron chi connectivity index (χ4n) is 2.13. The van der Waals surface area contributed by atoms with E-state index in [1.54, 1.807) is 29.9 Å². The van der Waals surface area contributed by atoms with E-state index in [1.165, 1.54) is 0 Å². The normalized spacial score (nSPS) is 12.8. The molecule has 3 heterocycles. The van der Waals surface area contributed by atoms with E-state index in [1.807, 2.05) is 37.4 Å². The molecule has 1 unspecified atom stereocenters. The van der Waals surface area contributed by atoms with Crippen LogP contribution in [0.5, 0.6) is 5.75 Å². The summed E-state index contributed by atoms with van der Waals surface area (Å²) in [5.41, 5.74) is 2.41. The van der Waals surface area contributed by atoms with Crippen LogP contribution in [0.3, 0.4) is 0 Å². The summed E-state index contributed by atoms with van der Waals surface area (Å²) in [4.78, 5) is 8.49. The second-order valence-electron chi connectivity index (χ2n) is 5.10. The zero-order valence-electron chi connectivity index (χ0n) is 11.9. The summed E-state index contributed by atoms with van der Waals surface area (Å²) < 4.78 is 6.68. The lowest BCUT2D eigenvalue weighted by atomic mass is 10.0. The average molecular weight is 300 g/mol. The van der Waals surface area contributed by atoms with Crippen molar-refractivity contribution in [3.05, 3.63) is 53.3 Å². The molecule has 0 amide bonds. The second-order valence-corrected chi connectivity index (χ2v) is 6.04. The predicted octanol–water partition coefficient (Wildman–Crippen LogP) is 3.56. The van der Waals surface area contributed by atoms with Gasteiger partial charge in [-0.2, -0.15) is 0 Å². The van der Waals surface area contributed by atoms with Gasteiger partial charge < -0.3 is 9.84 Å². The van der Waals surface area contributed by atoms with Crippen LogP contribution in [0.25, 0.3) is 10.2 Å². The summed E-state index contributed by atoms with van der Waals surface area (Å²) in [5, 5.41) is 12.5. The fraction of sp³-hybridized carbons (Fsp3) is 0.250. The summed E-state index contributed by atoms with van der Waals surface area (Å²) in [6.07, 6.45) is 4.32. The molecule has 0 aliphatic heterocycles. The third-order valence-corrected chi connectivity index (χ3v) is 3.91. The number of hydrogen-bond donors (Lipinski definition) is 1. The SMILES string of the molecule is CC(C)Oc1cncc(C(O)c2cnc3ccsc3c2)c1. The van der Waals surface area contributed by atoms with Gasteiger partial charge in [0.25, 0.3) is 0 Å². The number of aliphatic hydroxyl groups excluding tert-OH is 1. The summed E-state index contributed by atoms with van der Waals surface area (Å²) in [7, 11) is 0. The molecule has 0 aliphatic rings. The van der Waals surface area contributed by atoms with Crippen molar-refractivity contribution in [1.29, 1.82) is 0 Å². The van der Waals surface area contributed by atoms with E-state index >= 15 is 0 Å². The molecule has 0 saturated heterocycles. The van der Waals surface area contributed by atoms with Gasteiger partial charge in [-0.05, 0) is 37.4 Å². The number of pyridine rings is 2. The molecule has 0 radical (unpaired) electrons. The van der Waals surface area contributed by atoms with E-state index in [0.29, 0.717) is 11.3 Å². The van der Waals surface area contributed by atoms with Crippen LogP contribution in [-0.4, -0.2) is 21.2 Å². The van der Waals surface area contributed by atoms with Crippen molar-refractivity contribution in [3.8, 4) is 5.75 Å². The first-order valence-corrected chi connectivity index (χ1v) is 7.64. The third-order valence-electron chi connectivity index (χ3n) is 3.06. The molecule has 3 aromatic rings. The Kier molecular flexibility index (Phi) is 3.86. The number of hydrogen-bond acceptors (Lipinski definition) is 5. The van der Waals surface area contributed by atoms with E-state index in [4.69, 9.17) is 4.74 Å². The van der Waals surface area contributed by atoms with Crippen molar-refractivity contribution in [3.63, 3.8) is 0 Å². The average Bonchev–Trinajstić information content (AvgIpc) is 2.93. The van der Waals surface area contributed by atoms with Gasteiger partial charge in [-0.1, -0.05) is 0 Å². The number of aliphatic hydroxyl groups is 1. The molecule has 1 N–H and O–H groups in total. The predicted molar refractivity (Wildman–Crippen MR) is 83.7 cm³/mol. The first-order chi connectivity index (χ1) is 10.1.